The van der Waals surface area contributed by atoms with Gasteiger partial charge in [-0.15, -0.1) is 0 Å². The second-order valence-electron chi connectivity index (χ2n) is 7.44. The third-order valence-corrected chi connectivity index (χ3v) is 5.67. The van der Waals surface area contributed by atoms with Gasteiger partial charge in [0.05, 0.1) is 19.2 Å². The summed E-state index contributed by atoms with van der Waals surface area (Å²) in [6.07, 6.45) is 4.22. The van der Waals surface area contributed by atoms with Crippen molar-refractivity contribution in [3.05, 3.63) is 72.1 Å². The first-order chi connectivity index (χ1) is 13.8. The topological polar surface area (TPSA) is 60.2 Å². The maximum absolute atomic E-state index is 13.2. The van der Waals surface area contributed by atoms with Crippen molar-refractivity contribution >= 4 is 11.9 Å². The summed E-state index contributed by atoms with van der Waals surface area (Å²) in [5, 5.41) is 4.47. The molecule has 1 aliphatic heterocycles. The molecule has 0 saturated heterocycles. The number of benzene rings is 2. The highest BCUT2D eigenvalue weighted by atomic mass is 16.5. The molecule has 28 heavy (non-hydrogen) atoms. The van der Waals surface area contributed by atoms with Crippen molar-refractivity contribution in [3.8, 4) is 5.75 Å². The van der Waals surface area contributed by atoms with Crippen molar-refractivity contribution < 1.29 is 9.53 Å². The maximum atomic E-state index is 13.2. The van der Waals surface area contributed by atoms with E-state index in [4.69, 9.17) is 4.74 Å². The van der Waals surface area contributed by atoms with Crippen molar-refractivity contribution in [3.63, 3.8) is 0 Å². The molecule has 0 unspecified atom stereocenters. The van der Waals surface area contributed by atoms with E-state index in [1.54, 1.807) is 13.4 Å². The summed E-state index contributed by atoms with van der Waals surface area (Å²) in [6.45, 7) is 0. The van der Waals surface area contributed by atoms with Gasteiger partial charge in [0.15, 0.2) is 0 Å². The van der Waals surface area contributed by atoms with E-state index in [0.29, 0.717) is 5.95 Å². The third kappa shape index (κ3) is 2.85. The van der Waals surface area contributed by atoms with Crippen LogP contribution in [0.1, 0.15) is 42.5 Å². The van der Waals surface area contributed by atoms with Crippen LogP contribution in [0.25, 0.3) is 0 Å². The second-order valence-corrected chi connectivity index (χ2v) is 7.44. The fourth-order valence-corrected chi connectivity index (χ4v) is 4.04. The minimum absolute atomic E-state index is 0.0362. The number of amides is 1. The van der Waals surface area contributed by atoms with Crippen LogP contribution in [0.4, 0.5) is 5.95 Å². The van der Waals surface area contributed by atoms with Gasteiger partial charge in [0.2, 0.25) is 11.9 Å². The zero-order chi connectivity index (χ0) is 19.1. The lowest BCUT2D eigenvalue weighted by atomic mass is 9.91. The van der Waals surface area contributed by atoms with Crippen LogP contribution in [0.3, 0.4) is 0 Å². The number of hydrogen-bond donors (Lipinski definition) is 0. The van der Waals surface area contributed by atoms with E-state index in [1.165, 1.54) is 5.56 Å². The van der Waals surface area contributed by atoms with E-state index < -0.39 is 0 Å². The van der Waals surface area contributed by atoms with E-state index in [-0.39, 0.29) is 23.9 Å². The van der Waals surface area contributed by atoms with Crippen LogP contribution in [0.15, 0.2) is 60.9 Å². The van der Waals surface area contributed by atoms with Gasteiger partial charge in [0.1, 0.15) is 12.1 Å². The summed E-state index contributed by atoms with van der Waals surface area (Å²) in [6, 6.07) is 18.3. The molecule has 2 heterocycles. The molecule has 0 bridgehead atoms. The first kappa shape index (κ1) is 17.0. The molecule has 0 spiro atoms. The molecule has 3 aromatic rings. The highest BCUT2D eigenvalue weighted by Crippen LogP contribution is 2.44. The molecule has 2 aliphatic rings. The van der Waals surface area contributed by atoms with Crippen LogP contribution in [-0.4, -0.2) is 27.8 Å². The van der Waals surface area contributed by atoms with Gasteiger partial charge in [-0.25, -0.2) is 4.68 Å². The number of nitrogens with zero attached hydrogens (tertiary/aromatic N) is 4. The van der Waals surface area contributed by atoms with Gasteiger partial charge in [0, 0.05) is 5.92 Å². The summed E-state index contributed by atoms with van der Waals surface area (Å²) in [7, 11) is 1.66. The monoisotopic (exact) mass is 374 g/mol. The van der Waals surface area contributed by atoms with Crippen molar-refractivity contribution in [2.75, 3.05) is 12.0 Å². The number of aromatic nitrogens is 3. The van der Waals surface area contributed by atoms with Crippen LogP contribution >= 0.6 is 0 Å². The fourth-order valence-electron chi connectivity index (χ4n) is 4.04. The summed E-state index contributed by atoms with van der Waals surface area (Å²) in [5.74, 6) is 1.71. The Kier molecular flexibility index (Phi) is 4.11. The number of carbonyl (C=O) groups excluding carboxylic acids is 1. The Bertz CT molecular complexity index is 979. The summed E-state index contributed by atoms with van der Waals surface area (Å²) in [5.41, 5.74) is 2.26. The van der Waals surface area contributed by atoms with Crippen LogP contribution in [0, 0.1) is 5.92 Å². The van der Waals surface area contributed by atoms with Gasteiger partial charge in [-0.1, -0.05) is 42.5 Å². The van der Waals surface area contributed by atoms with Gasteiger partial charge in [-0.05, 0) is 42.5 Å². The van der Waals surface area contributed by atoms with Crippen molar-refractivity contribution in [2.24, 2.45) is 5.92 Å². The van der Waals surface area contributed by atoms with Gasteiger partial charge in [0.25, 0.3) is 0 Å². The number of ether oxygens (including phenoxy) is 1. The lowest BCUT2D eigenvalue weighted by Crippen LogP contribution is -2.43. The summed E-state index contributed by atoms with van der Waals surface area (Å²) >= 11 is 0. The molecular weight excluding hydrogens is 352 g/mol. The smallest absolute Gasteiger partial charge is 0.233 e. The second kappa shape index (κ2) is 6.78. The van der Waals surface area contributed by atoms with Crippen molar-refractivity contribution in [2.45, 2.75) is 31.3 Å². The first-order valence-electron chi connectivity index (χ1n) is 9.67. The fraction of sp³-hybridized carbons (Fsp3) is 0.318. The molecule has 1 amide bonds. The summed E-state index contributed by atoms with van der Waals surface area (Å²) < 4.78 is 7.20. The van der Waals surface area contributed by atoms with Crippen molar-refractivity contribution in [1.82, 2.24) is 14.8 Å². The highest BCUT2D eigenvalue weighted by molar-refractivity contribution is 5.96. The van der Waals surface area contributed by atoms with E-state index in [0.717, 1.165) is 30.6 Å². The number of hydrogen-bond acceptors (Lipinski definition) is 4. The van der Waals surface area contributed by atoms with Crippen LogP contribution in [0.2, 0.25) is 0 Å². The van der Waals surface area contributed by atoms with E-state index in [9.17, 15) is 4.79 Å². The normalized spacial score (nSPS) is 21.2. The van der Waals surface area contributed by atoms with Crippen LogP contribution < -0.4 is 9.64 Å². The maximum Gasteiger partial charge on any atom is 0.233 e. The van der Waals surface area contributed by atoms with Gasteiger partial charge < -0.3 is 4.74 Å². The quantitative estimate of drug-likeness (QED) is 0.698. The molecule has 1 saturated carbocycles. The third-order valence-electron chi connectivity index (χ3n) is 5.67. The number of fused-ring (bicyclic) bond motifs is 1. The Balaban J connectivity index is 1.61. The van der Waals surface area contributed by atoms with Gasteiger partial charge >= 0.3 is 0 Å². The predicted octanol–water partition coefficient (Wildman–Crippen LogP) is 3.76. The zero-order valence-electron chi connectivity index (χ0n) is 15.7. The zero-order valence-corrected chi connectivity index (χ0v) is 15.7. The molecule has 2 atom stereocenters. The highest BCUT2D eigenvalue weighted by Gasteiger charge is 2.44. The van der Waals surface area contributed by atoms with Crippen LogP contribution in [0.5, 0.6) is 5.75 Å². The predicted molar refractivity (Wildman–Crippen MR) is 105 cm³/mol. The number of carbonyl (C=O) groups is 1. The molecule has 1 fully saturated rings. The molecule has 6 heteroatoms. The Morgan fingerprint density at radius 1 is 1.00 bits per heavy atom. The van der Waals surface area contributed by atoms with Gasteiger partial charge in [-0.3, -0.25) is 9.69 Å². The molecule has 2 aromatic carbocycles. The lowest BCUT2D eigenvalue weighted by molar-refractivity contribution is -0.120. The molecule has 6 nitrogen and oxygen atoms in total. The Labute approximate surface area is 163 Å². The van der Waals surface area contributed by atoms with E-state index in [2.05, 4.69) is 22.2 Å². The minimum atomic E-state index is -0.0825. The number of rotatable bonds is 4. The standard InChI is InChI=1S/C22H22N4O2/c1-28-18-11-9-16(10-12-18)19-13-20(15-5-3-2-4-6-15)26-22(23-14-24-26)25(19)21(27)17-7-8-17/h2-6,9-12,14,17,19-20H,7-8,13H2,1H3/t19-,20-/m0/s1. The SMILES string of the molecule is COc1ccc([C@@H]2C[C@@H](c3ccccc3)n3ncnc3N2C(=O)C2CC2)cc1. The van der Waals surface area contributed by atoms with Crippen molar-refractivity contribution in [1.29, 1.82) is 0 Å². The Hall–Kier alpha value is -3.15. The first-order valence-corrected chi connectivity index (χ1v) is 9.67. The average molecular weight is 374 g/mol. The van der Waals surface area contributed by atoms with Crippen LogP contribution in [-0.2, 0) is 4.79 Å². The average Bonchev–Trinajstić information content (AvgIpc) is 3.49. The largest absolute Gasteiger partial charge is 0.497 e. The van der Waals surface area contributed by atoms with E-state index >= 15 is 0 Å². The molecule has 5 rings (SSSR count). The Morgan fingerprint density at radius 3 is 2.39 bits per heavy atom. The molecule has 142 valence electrons. The molecular formula is C22H22N4O2. The molecule has 0 radical (unpaired) electrons. The lowest BCUT2D eigenvalue weighted by Gasteiger charge is -2.39. The number of methoxy groups -OCH3 is 1. The van der Waals surface area contributed by atoms with E-state index in [1.807, 2.05) is 52.0 Å². The molecule has 0 N–H and O–H groups in total. The minimum Gasteiger partial charge on any atom is -0.497 e. The molecule has 1 aromatic heterocycles. The molecule has 1 aliphatic carbocycles. The number of anilines is 1. The summed E-state index contributed by atoms with van der Waals surface area (Å²) in [4.78, 5) is 19.5. The Morgan fingerprint density at radius 2 is 1.71 bits per heavy atom. The van der Waals surface area contributed by atoms with Gasteiger partial charge in [-0.2, -0.15) is 10.1 Å².